The lowest BCUT2D eigenvalue weighted by atomic mass is 9.49. The number of thiophene rings is 1. The predicted molar refractivity (Wildman–Crippen MR) is 139 cm³/mol. The molecule has 1 spiro atoms. The Kier molecular flexibility index (Phi) is 6.20. The molecular weight excluding hydrogens is 438 g/mol. The van der Waals surface area contributed by atoms with E-state index in [9.17, 15) is 9.59 Å². The van der Waals surface area contributed by atoms with Gasteiger partial charge in [-0.25, -0.2) is 0 Å². The van der Waals surface area contributed by atoms with Gasteiger partial charge in [0, 0.05) is 21.7 Å². The smallest absolute Gasteiger partial charge is 0.252 e. The van der Waals surface area contributed by atoms with Gasteiger partial charge in [-0.3, -0.25) is 9.59 Å². The molecule has 0 bridgehead atoms. The van der Waals surface area contributed by atoms with Crippen LogP contribution in [-0.4, -0.2) is 17.7 Å². The van der Waals surface area contributed by atoms with E-state index in [1.165, 1.54) is 27.1 Å². The summed E-state index contributed by atoms with van der Waals surface area (Å²) >= 11 is 1.73. The molecule has 1 heterocycles. The Balaban J connectivity index is 1.20. The maximum Gasteiger partial charge on any atom is 0.252 e. The van der Waals surface area contributed by atoms with E-state index < -0.39 is 0 Å². The van der Waals surface area contributed by atoms with E-state index in [2.05, 4.69) is 67.7 Å². The van der Waals surface area contributed by atoms with Gasteiger partial charge in [0.25, 0.3) is 5.91 Å². The average molecular weight is 472 g/mol. The largest absolute Gasteiger partial charge is 0.349 e. The summed E-state index contributed by atoms with van der Waals surface area (Å²) in [5.74, 6) is 0.659. The molecule has 3 nitrogen and oxygen atoms in total. The van der Waals surface area contributed by atoms with Gasteiger partial charge in [0.15, 0.2) is 0 Å². The van der Waals surface area contributed by atoms with Crippen LogP contribution in [0.1, 0.15) is 63.8 Å². The van der Waals surface area contributed by atoms with Crippen molar-refractivity contribution in [2.75, 3.05) is 0 Å². The van der Waals surface area contributed by atoms with Crippen LogP contribution in [0.4, 0.5) is 0 Å². The fourth-order valence-corrected chi connectivity index (χ4v) is 7.15. The number of rotatable bonds is 7. The first-order valence-electron chi connectivity index (χ1n) is 12.4. The molecule has 5 rings (SSSR count). The number of hydrogen-bond donors (Lipinski definition) is 1. The fraction of sp³-hybridized carbons (Fsp3) is 0.400. The lowest BCUT2D eigenvalue weighted by molar-refractivity contribution is -0.134. The summed E-state index contributed by atoms with van der Waals surface area (Å²) in [7, 11) is 0. The summed E-state index contributed by atoms with van der Waals surface area (Å²) in [4.78, 5) is 27.2. The van der Waals surface area contributed by atoms with E-state index in [4.69, 9.17) is 0 Å². The van der Waals surface area contributed by atoms with Gasteiger partial charge >= 0.3 is 0 Å². The Morgan fingerprint density at radius 2 is 1.53 bits per heavy atom. The van der Waals surface area contributed by atoms with E-state index in [-0.39, 0.29) is 17.9 Å². The summed E-state index contributed by atoms with van der Waals surface area (Å²) in [6, 6.07) is 19.5. The summed E-state index contributed by atoms with van der Waals surface area (Å²) < 4.78 is 0. The van der Waals surface area contributed by atoms with Gasteiger partial charge in [-0.1, -0.05) is 54.6 Å². The summed E-state index contributed by atoms with van der Waals surface area (Å²) in [5, 5.41) is 3.30. The van der Waals surface area contributed by atoms with Crippen molar-refractivity contribution in [2.45, 2.75) is 65.3 Å². The van der Waals surface area contributed by atoms with Crippen molar-refractivity contribution in [3.05, 3.63) is 81.0 Å². The minimum Gasteiger partial charge on any atom is -0.349 e. The number of amides is 1. The zero-order chi connectivity index (χ0) is 23.9. The zero-order valence-electron chi connectivity index (χ0n) is 20.3. The van der Waals surface area contributed by atoms with E-state index in [1.54, 1.807) is 18.3 Å². The van der Waals surface area contributed by atoms with Crippen LogP contribution in [0.15, 0.2) is 54.6 Å². The van der Waals surface area contributed by atoms with Gasteiger partial charge in [0.1, 0.15) is 5.78 Å². The van der Waals surface area contributed by atoms with Crippen LogP contribution in [0.2, 0.25) is 0 Å². The van der Waals surface area contributed by atoms with Crippen molar-refractivity contribution < 1.29 is 9.59 Å². The molecule has 0 unspecified atom stereocenters. The summed E-state index contributed by atoms with van der Waals surface area (Å²) in [6.45, 7) is 5.91. The van der Waals surface area contributed by atoms with Crippen molar-refractivity contribution >= 4 is 23.0 Å². The number of aryl methyl sites for hydroxylation is 3. The molecule has 176 valence electrons. The first-order valence-corrected chi connectivity index (χ1v) is 13.2. The van der Waals surface area contributed by atoms with E-state index in [0.29, 0.717) is 11.2 Å². The SMILES string of the molecule is CC(=O)C1CC2(CC(NC(=O)c3c(C)sc(C)c3CCc3ccc(-c4ccccc4)cc3)C2)C1. The van der Waals surface area contributed by atoms with Crippen LogP contribution in [0.3, 0.4) is 0 Å². The highest BCUT2D eigenvalue weighted by Crippen LogP contribution is 2.58. The maximum atomic E-state index is 13.2. The zero-order valence-corrected chi connectivity index (χ0v) is 21.1. The molecule has 2 aliphatic carbocycles. The second-order valence-corrected chi connectivity index (χ2v) is 11.9. The lowest BCUT2D eigenvalue weighted by Crippen LogP contribution is -2.57. The van der Waals surface area contributed by atoms with E-state index in [1.807, 2.05) is 6.07 Å². The third-order valence-electron chi connectivity index (χ3n) is 7.96. The normalized spacial score (nSPS) is 23.3. The summed E-state index contributed by atoms with van der Waals surface area (Å²) in [6.07, 6.45) is 5.87. The highest BCUT2D eigenvalue weighted by molar-refractivity contribution is 7.12. The number of carbonyl (C=O) groups is 2. The molecular formula is C30H33NO2S. The molecule has 3 aromatic rings. The average Bonchev–Trinajstić information content (AvgIpc) is 3.06. The highest BCUT2D eigenvalue weighted by Gasteiger charge is 2.54. The minimum atomic E-state index is 0.0820. The van der Waals surface area contributed by atoms with Crippen LogP contribution in [0.5, 0.6) is 0 Å². The lowest BCUT2D eigenvalue weighted by Gasteiger charge is -2.57. The van der Waals surface area contributed by atoms with Gasteiger partial charge in [0.05, 0.1) is 5.56 Å². The van der Waals surface area contributed by atoms with Crippen LogP contribution in [0, 0.1) is 25.2 Å². The number of carbonyl (C=O) groups excluding carboxylic acids is 2. The van der Waals surface area contributed by atoms with Crippen molar-refractivity contribution in [3.8, 4) is 11.1 Å². The van der Waals surface area contributed by atoms with Crippen LogP contribution in [-0.2, 0) is 17.6 Å². The van der Waals surface area contributed by atoms with E-state index >= 15 is 0 Å². The van der Waals surface area contributed by atoms with E-state index in [0.717, 1.165) is 49.0 Å². The molecule has 0 aliphatic heterocycles. The Bertz CT molecular complexity index is 1190. The summed E-state index contributed by atoms with van der Waals surface area (Å²) in [5.41, 5.74) is 6.16. The molecule has 2 fully saturated rings. The molecule has 2 saturated carbocycles. The van der Waals surface area contributed by atoms with Gasteiger partial charge in [-0.15, -0.1) is 11.3 Å². The van der Waals surface area contributed by atoms with Crippen LogP contribution in [0.25, 0.3) is 11.1 Å². The number of benzene rings is 2. The standard InChI is InChI=1S/C30H33NO2S/c1-19(32)25-15-30(16-25)17-26(18-30)31-29(33)28-21(3)34-20(2)27(28)14-11-22-9-12-24(13-10-22)23-7-5-4-6-8-23/h4-10,12-13,25-26H,11,14-18H2,1-3H3,(H,31,33). The molecule has 2 aliphatic rings. The van der Waals surface area contributed by atoms with Gasteiger partial charge in [-0.2, -0.15) is 0 Å². The maximum absolute atomic E-state index is 13.2. The van der Waals surface area contributed by atoms with Crippen molar-refractivity contribution in [3.63, 3.8) is 0 Å². The monoisotopic (exact) mass is 471 g/mol. The first-order chi connectivity index (χ1) is 16.3. The number of ketones is 1. The highest BCUT2D eigenvalue weighted by atomic mass is 32.1. The molecule has 34 heavy (non-hydrogen) atoms. The molecule has 1 amide bonds. The first kappa shape index (κ1) is 23.0. The second kappa shape index (κ2) is 9.14. The Morgan fingerprint density at radius 1 is 0.882 bits per heavy atom. The Morgan fingerprint density at radius 3 is 2.18 bits per heavy atom. The van der Waals surface area contributed by atoms with Crippen LogP contribution < -0.4 is 5.32 Å². The third-order valence-corrected chi connectivity index (χ3v) is 9.03. The number of nitrogens with one attached hydrogen (secondary N) is 1. The molecule has 0 radical (unpaired) electrons. The quantitative estimate of drug-likeness (QED) is 0.417. The molecule has 0 saturated heterocycles. The van der Waals surface area contributed by atoms with Crippen molar-refractivity contribution in [1.29, 1.82) is 0 Å². The minimum absolute atomic E-state index is 0.0820. The van der Waals surface area contributed by atoms with Crippen molar-refractivity contribution in [2.24, 2.45) is 11.3 Å². The topological polar surface area (TPSA) is 46.2 Å². The molecule has 0 atom stereocenters. The van der Waals surface area contributed by atoms with Gasteiger partial charge < -0.3 is 5.32 Å². The Labute approximate surface area is 206 Å². The molecule has 4 heteroatoms. The van der Waals surface area contributed by atoms with Gasteiger partial charge in [0.2, 0.25) is 0 Å². The second-order valence-electron chi connectivity index (χ2n) is 10.4. The third kappa shape index (κ3) is 4.48. The van der Waals surface area contributed by atoms with Crippen molar-refractivity contribution in [1.82, 2.24) is 5.32 Å². The molecule has 2 aromatic carbocycles. The Hall–Kier alpha value is -2.72. The van der Waals surface area contributed by atoms with Gasteiger partial charge in [-0.05, 0) is 87.0 Å². The number of Topliss-reactive ketones (excluding diaryl/α,β-unsaturated/α-hetero) is 1. The molecule has 1 N–H and O–H groups in total. The predicted octanol–water partition coefficient (Wildman–Crippen LogP) is 6.69. The fourth-order valence-electron chi connectivity index (χ4n) is 6.04. The number of hydrogen-bond acceptors (Lipinski definition) is 3. The van der Waals surface area contributed by atoms with Crippen LogP contribution >= 0.6 is 11.3 Å². The molecule has 1 aromatic heterocycles.